The van der Waals surface area contributed by atoms with Crippen molar-refractivity contribution in [3.05, 3.63) is 157 Å². The topological polar surface area (TPSA) is 35.1 Å². The summed E-state index contributed by atoms with van der Waals surface area (Å²) in [6, 6.07) is 50.4. The van der Waals surface area contributed by atoms with Crippen LogP contribution in [0.15, 0.2) is 146 Å². The van der Waals surface area contributed by atoms with Gasteiger partial charge in [-0.3, -0.25) is 4.40 Å². The number of fused-ring (bicyclic) bond motifs is 6. The van der Waals surface area contributed by atoms with E-state index in [-0.39, 0.29) is 0 Å². The van der Waals surface area contributed by atoms with E-state index in [4.69, 9.17) is 0 Å². The lowest BCUT2D eigenvalue weighted by Crippen LogP contribution is -1.95. The summed E-state index contributed by atoms with van der Waals surface area (Å²) in [7, 11) is 0. The van der Waals surface area contributed by atoms with Gasteiger partial charge in [0, 0.05) is 33.6 Å². The van der Waals surface area contributed by atoms with Crippen molar-refractivity contribution >= 4 is 38.2 Å². The van der Waals surface area contributed by atoms with Crippen LogP contribution in [0.1, 0.15) is 11.1 Å². The van der Waals surface area contributed by atoms with Crippen LogP contribution < -0.4 is 0 Å². The first-order chi connectivity index (χ1) is 22.6. The average Bonchev–Trinajstić information content (AvgIpc) is 3.68. The predicted molar refractivity (Wildman–Crippen MR) is 191 cm³/mol. The molecule has 0 fully saturated rings. The molecule has 0 saturated heterocycles. The Kier molecular flexibility index (Phi) is 5.90. The first-order valence-corrected chi connectivity index (χ1v) is 15.7. The zero-order valence-corrected chi connectivity index (χ0v) is 25.6. The summed E-state index contributed by atoms with van der Waals surface area (Å²) in [5.41, 5.74) is 12.8. The Labute approximate surface area is 266 Å². The molecule has 3 aromatic heterocycles. The highest BCUT2D eigenvalue weighted by atomic mass is 15.2. The third kappa shape index (κ3) is 4.22. The Bertz CT molecular complexity index is 2470. The Hall–Kier alpha value is -6.00. The normalized spacial score (nSPS) is 11.7. The van der Waals surface area contributed by atoms with Gasteiger partial charge < -0.3 is 4.57 Å². The van der Waals surface area contributed by atoms with Crippen molar-refractivity contribution in [2.45, 2.75) is 13.8 Å². The minimum absolute atomic E-state index is 0.833. The van der Waals surface area contributed by atoms with Crippen LogP contribution in [0, 0.1) is 13.8 Å². The second-order valence-corrected chi connectivity index (χ2v) is 12.2. The molecule has 4 heteroatoms. The molecule has 0 N–H and O–H groups in total. The minimum Gasteiger partial charge on any atom is -0.309 e. The summed E-state index contributed by atoms with van der Waals surface area (Å²) in [5.74, 6) is 0.833. The summed E-state index contributed by atoms with van der Waals surface area (Å²) in [4.78, 5) is 0. The smallest absolute Gasteiger partial charge is 0.168 e. The molecule has 9 rings (SSSR count). The van der Waals surface area contributed by atoms with Gasteiger partial charge in [-0.2, -0.15) is 0 Å². The number of nitrogens with zero attached hydrogens (tertiary/aromatic N) is 4. The third-order valence-corrected chi connectivity index (χ3v) is 9.22. The van der Waals surface area contributed by atoms with Crippen molar-refractivity contribution in [3.8, 4) is 39.3 Å². The van der Waals surface area contributed by atoms with Crippen molar-refractivity contribution in [3.63, 3.8) is 0 Å². The lowest BCUT2D eigenvalue weighted by molar-refractivity contribution is 1.11. The van der Waals surface area contributed by atoms with Crippen LogP contribution in [0.2, 0.25) is 0 Å². The summed E-state index contributed by atoms with van der Waals surface area (Å²) in [6.07, 6.45) is 2.06. The number of hydrogen-bond acceptors (Lipinski definition) is 2. The van der Waals surface area contributed by atoms with Crippen molar-refractivity contribution < 1.29 is 0 Å². The monoisotopic (exact) mass is 590 g/mol. The molecular formula is C42H30N4. The first-order valence-electron chi connectivity index (χ1n) is 15.7. The average molecular weight is 591 g/mol. The zero-order chi connectivity index (χ0) is 30.8. The molecule has 0 atom stereocenters. The lowest BCUT2D eigenvalue weighted by Gasteiger charge is -2.10. The lowest BCUT2D eigenvalue weighted by atomic mass is 9.99. The molecule has 0 spiro atoms. The molecule has 0 aliphatic carbocycles. The maximum Gasteiger partial charge on any atom is 0.168 e. The fraction of sp³-hybridized carbons (Fsp3) is 0.0476. The van der Waals surface area contributed by atoms with E-state index < -0.39 is 0 Å². The fourth-order valence-corrected chi connectivity index (χ4v) is 6.73. The van der Waals surface area contributed by atoms with E-state index in [1.165, 1.54) is 55.2 Å². The molecule has 0 aliphatic rings. The summed E-state index contributed by atoms with van der Waals surface area (Å²) in [6.45, 7) is 4.26. The Morgan fingerprint density at radius 2 is 1.00 bits per heavy atom. The third-order valence-electron chi connectivity index (χ3n) is 9.22. The van der Waals surface area contributed by atoms with E-state index in [1.807, 2.05) is 6.07 Å². The molecule has 0 bridgehead atoms. The molecular weight excluding hydrogens is 560 g/mol. The van der Waals surface area contributed by atoms with Crippen LogP contribution in [0.4, 0.5) is 0 Å². The second kappa shape index (κ2) is 10.3. The molecule has 0 aliphatic heterocycles. The highest BCUT2D eigenvalue weighted by molar-refractivity contribution is 6.11. The minimum atomic E-state index is 0.833. The molecule has 4 nitrogen and oxygen atoms in total. The molecule has 0 unspecified atom stereocenters. The maximum atomic E-state index is 4.60. The number of rotatable bonds is 4. The summed E-state index contributed by atoms with van der Waals surface area (Å²) < 4.78 is 4.46. The van der Waals surface area contributed by atoms with Gasteiger partial charge in [-0.15, -0.1) is 10.2 Å². The Balaban J connectivity index is 1.20. The SMILES string of the molecule is Cc1ccc(-c2ccc3c(c2)c2cc(-c4ccc(C)cc4)ccc2n3-c2ccc(-c3nnc4c5ccccc5ccn34)cc2)cc1. The molecule has 218 valence electrons. The number of hydrogen-bond donors (Lipinski definition) is 0. The highest BCUT2D eigenvalue weighted by Gasteiger charge is 2.16. The van der Waals surface area contributed by atoms with E-state index in [9.17, 15) is 0 Å². The van der Waals surface area contributed by atoms with E-state index in [0.29, 0.717) is 0 Å². The van der Waals surface area contributed by atoms with Crippen molar-refractivity contribution in [1.82, 2.24) is 19.2 Å². The molecule has 0 amide bonds. The van der Waals surface area contributed by atoms with Gasteiger partial charge in [0.1, 0.15) is 0 Å². The van der Waals surface area contributed by atoms with Gasteiger partial charge in [-0.25, -0.2) is 0 Å². The van der Waals surface area contributed by atoms with Gasteiger partial charge in [0.15, 0.2) is 11.5 Å². The molecule has 46 heavy (non-hydrogen) atoms. The van der Waals surface area contributed by atoms with E-state index >= 15 is 0 Å². The van der Waals surface area contributed by atoms with Crippen molar-refractivity contribution in [2.24, 2.45) is 0 Å². The molecule has 3 heterocycles. The van der Waals surface area contributed by atoms with E-state index in [2.05, 4.69) is 173 Å². The van der Waals surface area contributed by atoms with Crippen LogP contribution in [0.25, 0.3) is 77.6 Å². The van der Waals surface area contributed by atoms with Crippen LogP contribution in [-0.4, -0.2) is 19.2 Å². The number of pyridine rings is 1. The van der Waals surface area contributed by atoms with Gasteiger partial charge >= 0.3 is 0 Å². The van der Waals surface area contributed by atoms with Gasteiger partial charge in [0.2, 0.25) is 0 Å². The first kappa shape index (κ1) is 26.4. The quantitative estimate of drug-likeness (QED) is 0.204. The van der Waals surface area contributed by atoms with Gasteiger partial charge in [0.25, 0.3) is 0 Å². The Morgan fingerprint density at radius 1 is 0.457 bits per heavy atom. The zero-order valence-electron chi connectivity index (χ0n) is 25.6. The largest absolute Gasteiger partial charge is 0.309 e. The van der Waals surface area contributed by atoms with Crippen LogP contribution >= 0.6 is 0 Å². The molecule has 6 aromatic carbocycles. The van der Waals surface area contributed by atoms with Crippen LogP contribution in [0.3, 0.4) is 0 Å². The van der Waals surface area contributed by atoms with Crippen molar-refractivity contribution in [2.75, 3.05) is 0 Å². The van der Waals surface area contributed by atoms with Gasteiger partial charge in [0.05, 0.1) is 11.0 Å². The number of aryl methyl sites for hydroxylation is 2. The predicted octanol–water partition coefficient (Wildman–Crippen LogP) is 10.6. The second-order valence-electron chi connectivity index (χ2n) is 12.2. The summed E-state index contributed by atoms with van der Waals surface area (Å²) in [5, 5.41) is 13.9. The Morgan fingerprint density at radius 3 is 1.61 bits per heavy atom. The van der Waals surface area contributed by atoms with Gasteiger partial charge in [-0.05, 0) is 96.1 Å². The number of benzene rings is 6. The van der Waals surface area contributed by atoms with Gasteiger partial charge in [-0.1, -0.05) is 96.1 Å². The maximum absolute atomic E-state index is 4.60. The van der Waals surface area contributed by atoms with E-state index in [0.717, 1.165) is 33.5 Å². The molecule has 0 radical (unpaired) electrons. The van der Waals surface area contributed by atoms with Crippen LogP contribution in [0.5, 0.6) is 0 Å². The molecule has 0 saturated carbocycles. The fourth-order valence-electron chi connectivity index (χ4n) is 6.73. The van der Waals surface area contributed by atoms with E-state index in [1.54, 1.807) is 0 Å². The highest BCUT2D eigenvalue weighted by Crippen LogP contribution is 2.37. The number of aromatic nitrogens is 4. The molecule has 9 aromatic rings. The van der Waals surface area contributed by atoms with Crippen LogP contribution in [-0.2, 0) is 0 Å². The standard InChI is InChI=1S/C42H30N4/c1-27-7-11-29(12-8-27)33-17-21-39-37(25-33)38-26-34(30-13-9-28(2)10-14-30)18-22-40(38)46(39)35-19-15-32(16-20-35)41-43-44-42-36-6-4-3-5-31(36)23-24-45(41)42/h3-26H,1-2H3. The van der Waals surface area contributed by atoms with Crippen molar-refractivity contribution in [1.29, 1.82) is 0 Å². The summed E-state index contributed by atoms with van der Waals surface area (Å²) >= 11 is 0.